The van der Waals surface area contributed by atoms with Crippen molar-refractivity contribution in [2.24, 2.45) is 0 Å². The van der Waals surface area contributed by atoms with E-state index in [1.165, 1.54) is 23.0 Å². The maximum atomic E-state index is 5.12. The Morgan fingerprint density at radius 1 is 1.26 bits per heavy atom. The van der Waals surface area contributed by atoms with E-state index in [4.69, 9.17) is 4.74 Å². The molecule has 1 heterocycles. The van der Waals surface area contributed by atoms with Crippen molar-refractivity contribution < 1.29 is 4.74 Å². The third-order valence-corrected chi connectivity index (χ3v) is 4.10. The lowest BCUT2D eigenvalue weighted by Gasteiger charge is -2.14. The Morgan fingerprint density at radius 3 is 2.79 bits per heavy atom. The van der Waals surface area contributed by atoms with Crippen LogP contribution in [0.4, 0.5) is 0 Å². The van der Waals surface area contributed by atoms with Gasteiger partial charge in [-0.1, -0.05) is 34.1 Å². The molecule has 4 heteroatoms. The van der Waals surface area contributed by atoms with E-state index >= 15 is 0 Å². The molecule has 19 heavy (non-hydrogen) atoms. The number of nitrogens with zero attached hydrogens (tertiary/aromatic N) is 2. The summed E-state index contributed by atoms with van der Waals surface area (Å²) in [5.74, 6) is 0.602. The van der Waals surface area contributed by atoms with Gasteiger partial charge < -0.3 is 4.74 Å². The summed E-state index contributed by atoms with van der Waals surface area (Å²) in [6.45, 7) is 4.28. The second-order valence-electron chi connectivity index (χ2n) is 4.51. The highest BCUT2D eigenvalue weighted by molar-refractivity contribution is 9.09. The van der Waals surface area contributed by atoms with Crippen LogP contribution in [0.2, 0.25) is 0 Å². The molecule has 0 aliphatic heterocycles. The number of alkyl halides is 1. The molecule has 0 fully saturated rings. The molecule has 1 atom stereocenters. The summed E-state index contributed by atoms with van der Waals surface area (Å²) in [5.41, 5.74) is 4.90. The number of benzene rings is 1. The maximum absolute atomic E-state index is 5.12. The average Bonchev–Trinajstić information content (AvgIpc) is 2.42. The minimum atomic E-state index is 0.243. The average molecular weight is 321 g/mol. The largest absolute Gasteiger partial charge is 0.481 e. The lowest BCUT2D eigenvalue weighted by Crippen LogP contribution is -2.02. The van der Waals surface area contributed by atoms with Gasteiger partial charge in [0, 0.05) is 23.0 Å². The summed E-state index contributed by atoms with van der Waals surface area (Å²) >= 11 is 3.75. The fraction of sp³-hybridized carbons (Fsp3) is 0.333. The Bertz CT molecular complexity index is 572. The van der Waals surface area contributed by atoms with E-state index in [1.807, 2.05) is 6.07 Å². The molecule has 1 aromatic carbocycles. The van der Waals surface area contributed by atoms with Crippen LogP contribution < -0.4 is 4.74 Å². The zero-order valence-electron chi connectivity index (χ0n) is 11.4. The molecule has 3 nitrogen and oxygen atoms in total. The molecule has 1 unspecified atom stereocenters. The van der Waals surface area contributed by atoms with E-state index in [1.54, 1.807) is 7.11 Å². The van der Waals surface area contributed by atoms with Gasteiger partial charge in [-0.3, -0.25) is 0 Å². The summed E-state index contributed by atoms with van der Waals surface area (Å²) < 4.78 is 5.12. The molecule has 0 N–H and O–H groups in total. The SMILES string of the molecule is COc1cc(CC(Br)c2cccc(C)c2C)ncn1. The molecule has 2 rings (SSSR count). The van der Waals surface area contributed by atoms with E-state index in [2.05, 4.69) is 57.9 Å². The molecule has 0 radical (unpaired) electrons. The molecule has 100 valence electrons. The summed E-state index contributed by atoms with van der Waals surface area (Å²) in [4.78, 5) is 8.55. The van der Waals surface area contributed by atoms with Crippen LogP contribution >= 0.6 is 15.9 Å². The van der Waals surface area contributed by atoms with Gasteiger partial charge in [0.1, 0.15) is 6.33 Å². The van der Waals surface area contributed by atoms with Gasteiger partial charge in [0.2, 0.25) is 5.88 Å². The first-order chi connectivity index (χ1) is 9.11. The molecular weight excluding hydrogens is 304 g/mol. The Kier molecular flexibility index (Phi) is 4.53. The summed E-state index contributed by atoms with van der Waals surface area (Å²) in [6, 6.07) is 8.25. The maximum Gasteiger partial charge on any atom is 0.216 e. The van der Waals surface area contributed by atoms with E-state index < -0.39 is 0 Å². The molecule has 0 aliphatic carbocycles. The van der Waals surface area contributed by atoms with Gasteiger partial charge in [-0.2, -0.15) is 0 Å². The summed E-state index contributed by atoms with van der Waals surface area (Å²) in [7, 11) is 1.61. The number of hydrogen-bond acceptors (Lipinski definition) is 3. The molecule has 1 aromatic heterocycles. The van der Waals surface area contributed by atoms with Crippen LogP contribution in [0.5, 0.6) is 5.88 Å². The van der Waals surface area contributed by atoms with Gasteiger partial charge in [-0.05, 0) is 30.5 Å². The predicted molar refractivity (Wildman–Crippen MR) is 79.9 cm³/mol. The monoisotopic (exact) mass is 320 g/mol. The number of halogens is 1. The van der Waals surface area contributed by atoms with Crippen LogP contribution in [0, 0.1) is 13.8 Å². The van der Waals surface area contributed by atoms with Crippen LogP contribution in [-0.2, 0) is 6.42 Å². The van der Waals surface area contributed by atoms with Crippen LogP contribution in [-0.4, -0.2) is 17.1 Å². The van der Waals surface area contributed by atoms with Crippen LogP contribution in [0.1, 0.15) is 27.2 Å². The molecule has 0 spiro atoms. The highest BCUT2D eigenvalue weighted by atomic mass is 79.9. The fourth-order valence-corrected chi connectivity index (χ4v) is 2.83. The van der Waals surface area contributed by atoms with Gasteiger partial charge in [0.15, 0.2) is 0 Å². The molecule has 0 saturated heterocycles. The van der Waals surface area contributed by atoms with E-state index in [-0.39, 0.29) is 4.83 Å². The molecular formula is C15H17BrN2O. The lowest BCUT2D eigenvalue weighted by molar-refractivity contribution is 0.396. The Morgan fingerprint density at radius 2 is 2.05 bits per heavy atom. The first kappa shape index (κ1) is 14.0. The molecule has 0 saturated carbocycles. The van der Waals surface area contributed by atoms with Gasteiger partial charge in [0.05, 0.1) is 7.11 Å². The zero-order valence-corrected chi connectivity index (χ0v) is 12.9. The second kappa shape index (κ2) is 6.15. The van der Waals surface area contributed by atoms with Gasteiger partial charge in [-0.15, -0.1) is 0 Å². The summed E-state index contributed by atoms with van der Waals surface area (Å²) in [6.07, 6.45) is 2.35. The minimum absolute atomic E-state index is 0.243. The smallest absolute Gasteiger partial charge is 0.216 e. The number of aromatic nitrogens is 2. The van der Waals surface area contributed by atoms with Crippen molar-refractivity contribution in [1.29, 1.82) is 0 Å². The fourth-order valence-electron chi connectivity index (χ4n) is 2.01. The van der Waals surface area contributed by atoms with E-state index in [0.717, 1.165) is 12.1 Å². The normalized spacial score (nSPS) is 12.2. The molecule has 2 aromatic rings. The Balaban J connectivity index is 2.20. The third-order valence-electron chi connectivity index (χ3n) is 3.28. The highest BCUT2D eigenvalue weighted by Crippen LogP contribution is 2.30. The zero-order chi connectivity index (χ0) is 13.8. The molecule has 0 aliphatic rings. The van der Waals surface area contributed by atoms with Crippen LogP contribution in [0.3, 0.4) is 0 Å². The highest BCUT2D eigenvalue weighted by Gasteiger charge is 2.13. The predicted octanol–water partition coefficient (Wildman–Crippen LogP) is 3.78. The van der Waals surface area contributed by atoms with E-state index in [0.29, 0.717) is 5.88 Å². The Hall–Kier alpha value is -1.42. The van der Waals surface area contributed by atoms with Crippen LogP contribution in [0.25, 0.3) is 0 Å². The van der Waals surface area contributed by atoms with Gasteiger partial charge >= 0.3 is 0 Å². The van der Waals surface area contributed by atoms with Crippen molar-refractivity contribution in [3.8, 4) is 5.88 Å². The van der Waals surface area contributed by atoms with Crippen molar-refractivity contribution >= 4 is 15.9 Å². The second-order valence-corrected chi connectivity index (χ2v) is 5.62. The quantitative estimate of drug-likeness (QED) is 0.804. The Labute approximate surface area is 122 Å². The van der Waals surface area contributed by atoms with Crippen molar-refractivity contribution in [2.75, 3.05) is 7.11 Å². The number of ether oxygens (including phenoxy) is 1. The summed E-state index contributed by atoms with van der Waals surface area (Å²) in [5, 5.41) is 0. The third kappa shape index (κ3) is 3.32. The first-order valence-corrected chi connectivity index (χ1v) is 7.08. The number of aryl methyl sites for hydroxylation is 1. The standard InChI is InChI=1S/C15H17BrN2O/c1-10-5-4-6-13(11(10)2)14(16)7-12-8-15(19-3)18-9-17-12/h4-6,8-9,14H,7H2,1-3H3. The molecule has 0 bridgehead atoms. The number of methoxy groups -OCH3 is 1. The molecule has 0 amide bonds. The van der Waals surface area contributed by atoms with Crippen LogP contribution in [0.15, 0.2) is 30.6 Å². The van der Waals surface area contributed by atoms with Crippen molar-refractivity contribution in [3.63, 3.8) is 0 Å². The van der Waals surface area contributed by atoms with Crippen molar-refractivity contribution in [3.05, 3.63) is 53.0 Å². The van der Waals surface area contributed by atoms with Gasteiger partial charge in [-0.25, -0.2) is 9.97 Å². The van der Waals surface area contributed by atoms with E-state index in [9.17, 15) is 0 Å². The van der Waals surface area contributed by atoms with Crippen molar-refractivity contribution in [1.82, 2.24) is 9.97 Å². The van der Waals surface area contributed by atoms with Crippen molar-refractivity contribution in [2.45, 2.75) is 25.1 Å². The number of hydrogen-bond donors (Lipinski definition) is 0. The minimum Gasteiger partial charge on any atom is -0.481 e. The lowest BCUT2D eigenvalue weighted by atomic mass is 9.99. The number of rotatable bonds is 4. The first-order valence-electron chi connectivity index (χ1n) is 6.17. The topological polar surface area (TPSA) is 35.0 Å². The van der Waals surface area contributed by atoms with Gasteiger partial charge in [0.25, 0.3) is 0 Å².